The van der Waals surface area contributed by atoms with Crippen LogP contribution >= 0.6 is 11.8 Å². The third-order valence-electron chi connectivity index (χ3n) is 4.87. The van der Waals surface area contributed by atoms with E-state index in [-0.39, 0.29) is 17.4 Å². The molecular formula is C19H19N3O3S. The van der Waals surface area contributed by atoms with Gasteiger partial charge in [0, 0.05) is 23.7 Å². The summed E-state index contributed by atoms with van der Waals surface area (Å²) in [5.74, 6) is -0.201. The molecule has 134 valence electrons. The molecule has 4 rings (SSSR count). The molecule has 1 fully saturated rings. The largest absolute Gasteiger partial charge is 0.469 e. The summed E-state index contributed by atoms with van der Waals surface area (Å²) in [6.07, 6.45) is 5.60. The van der Waals surface area contributed by atoms with Gasteiger partial charge in [-0.2, -0.15) is 5.26 Å². The van der Waals surface area contributed by atoms with Crippen LogP contribution < -0.4 is 5.32 Å². The maximum Gasteiger partial charge on any atom is 0.230 e. The van der Waals surface area contributed by atoms with Crippen LogP contribution in [0.15, 0.2) is 39.1 Å². The highest BCUT2D eigenvalue weighted by Gasteiger charge is 2.42. The van der Waals surface area contributed by atoms with E-state index in [0.29, 0.717) is 28.8 Å². The number of nitriles is 1. The van der Waals surface area contributed by atoms with Crippen LogP contribution in [-0.2, 0) is 9.59 Å². The van der Waals surface area contributed by atoms with Crippen molar-refractivity contribution in [2.45, 2.75) is 44.1 Å². The van der Waals surface area contributed by atoms with Crippen LogP contribution in [0.25, 0.3) is 0 Å². The SMILES string of the molecule is N#CC1C(SCC(=O)NC2CC2)=NC2=C(C(=O)CCC2)C1c1ccco1. The Morgan fingerprint density at radius 2 is 2.27 bits per heavy atom. The van der Waals surface area contributed by atoms with Crippen molar-refractivity contribution in [3.05, 3.63) is 35.4 Å². The van der Waals surface area contributed by atoms with Gasteiger partial charge in [0.25, 0.3) is 0 Å². The lowest BCUT2D eigenvalue weighted by Gasteiger charge is -2.31. The minimum Gasteiger partial charge on any atom is -0.469 e. The topological polar surface area (TPSA) is 95.5 Å². The number of rotatable bonds is 4. The normalized spacial score (nSPS) is 25.3. The predicted octanol–water partition coefficient (Wildman–Crippen LogP) is 2.93. The second kappa shape index (κ2) is 7.12. The molecule has 1 aromatic heterocycles. The molecular weight excluding hydrogens is 350 g/mol. The number of aliphatic imine (C=N–C) groups is 1. The molecule has 2 unspecified atom stereocenters. The van der Waals surface area contributed by atoms with E-state index < -0.39 is 11.8 Å². The van der Waals surface area contributed by atoms with Gasteiger partial charge in [0.15, 0.2) is 5.78 Å². The minimum atomic E-state index is -0.610. The molecule has 3 aliphatic rings. The van der Waals surface area contributed by atoms with Gasteiger partial charge in [0.1, 0.15) is 11.7 Å². The van der Waals surface area contributed by atoms with Crippen LogP contribution in [0, 0.1) is 17.2 Å². The second-order valence-corrected chi connectivity index (χ2v) is 7.81. The van der Waals surface area contributed by atoms with Crippen molar-refractivity contribution >= 4 is 28.5 Å². The number of Topliss-reactive ketones (excluding diaryl/α,β-unsaturated/α-hetero) is 1. The molecule has 26 heavy (non-hydrogen) atoms. The maximum absolute atomic E-state index is 12.5. The van der Waals surface area contributed by atoms with Crippen molar-refractivity contribution in [1.82, 2.24) is 5.32 Å². The maximum atomic E-state index is 12.5. The molecule has 6 nitrogen and oxygen atoms in total. The first kappa shape index (κ1) is 17.1. The predicted molar refractivity (Wildman–Crippen MR) is 97.5 cm³/mol. The van der Waals surface area contributed by atoms with Crippen LogP contribution in [0.5, 0.6) is 0 Å². The van der Waals surface area contributed by atoms with Gasteiger partial charge in [-0.3, -0.25) is 9.59 Å². The quantitative estimate of drug-likeness (QED) is 0.880. The van der Waals surface area contributed by atoms with Crippen LogP contribution in [-0.4, -0.2) is 28.5 Å². The molecule has 0 bridgehead atoms. The fourth-order valence-corrected chi connectivity index (χ4v) is 4.40. The first-order valence-electron chi connectivity index (χ1n) is 8.87. The molecule has 2 aliphatic carbocycles. The standard InChI is InChI=1S/C19H19N3O3S/c20-9-12-17(15-5-2-8-25-15)18-13(3-1-4-14(18)23)22-19(12)26-10-16(24)21-11-6-7-11/h2,5,8,11-12,17H,1,3-4,6-7,10H2,(H,21,24). The summed E-state index contributed by atoms with van der Waals surface area (Å²) in [6.45, 7) is 0. The van der Waals surface area contributed by atoms with Crippen LogP contribution in [0.4, 0.5) is 0 Å². The number of hydrogen-bond donors (Lipinski definition) is 1. The number of ketones is 1. The summed E-state index contributed by atoms with van der Waals surface area (Å²) in [6, 6.07) is 6.17. The van der Waals surface area contributed by atoms with E-state index in [1.54, 1.807) is 18.4 Å². The molecule has 0 radical (unpaired) electrons. The molecule has 1 amide bonds. The Hall–Kier alpha value is -2.33. The van der Waals surface area contributed by atoms with Crippen LogP contribution in [0.2, 0.25) is 0 Å². The third-order valence-corrected chi connectivity index (χ3v) is 5.91. The lowest BCUT2D eigenvalue weighted by molar-refractivity contribution is -0.119. The number of amides is 1. The molecule has 7 heteroatoms. The Bertz CT molecular complexity index is 831. The summed E-state index contributed by atoms with van der Waals surface area (Å²) < 4.78 is 5.56. The van der Waals surface area contributed by atoms with Gasteiger partial charge in [0.05, 0.1) is 29.0 Å². The molecule has 1 aromatic rings. The average Bonchev–Trinajstić information content (AvgIpc) is 3.28. The Labute approximate surface area is 155 Å². The number of furan rings is 1. The number of allylic oxidation sites excluding steroid dienone is 2. The van der Waals surface area contributed by atoms with Crippen molar-refractivity contribution in [2.24, 2.45) is 10.9 Å². The first-order chi connectivity index (χ1) is 12.7. The van der Waals surface area contributed by atoms with E-state index in [1.165, 1.54) is 11.8 Å². The van der Waals surface area contributed by atoms with Crippen molar-refractivity contribution in [1.29, 1.82) is 5.26 Å². The second-order valence-electron chi connectivity index (χ2n) is 6.82. The molecule has 0 spiro atoms. The van der Waals surface area contributed by atoms with Gasteiger partial charge in [-0.25, -0.2) is 4.99 Å². The minimum absolute atomic E-state index is 0.0362. The zero-order chi connectivity index (χ0) is 18.1. The summed E-state index contributed by atoms with van der Waals surface area (Å²) in [4.78, 5) is 29.2. The van der Waals surface area contributed by atoms with Crippen LogP contribution in [0.3, 0.4) is 0 Å². The molecule has 0 aromatic carbocycles. The fraction of sp³-hybridized carbons (Fsp3) is 0.474. The van der Waals surface area contributed by atoms with Gasteiger partial charge in [0.2, 0.25) is 5.91 Å². The lowest BCUT2D eigenvalue weighted by atomic mass is 9.76. The summed E-state index contributed by atoms with van der Waals surface area (Å²) in [5, 5.41) is 13.4. The summed E-state index contributed by atoms with van der Waals surface area (Å²) in [7, 11) is 0. The summed E-state index contributed by atoms with van der Waals surface area (Å²) >= 11 is 1.29. The fourth-order valence-electron chi connectivity index (χ4n) is 3.49. The lowest BCUT2D eigenvalue weighted by Crippen LogP contribution is -2.32. The number of hydrogen-bond acceptors (Lipinski definition) is 6. The molecule has 1 saturated carbocycles. The van der Waals surface area contributed by atoms with E-state index in [1.807, 2.05) is 0 Å². The number of carbonyl (C=O) groups is 2. The van der Waals surface area contributed by atoms with E-state index in [2.05, 4.69) is 16.4 Å². The Balaban J connectivity index is 1.63. The zero-order valence-corrected chi connectivity index (χ0v) is 15.1. The Morgan fingerprint density at radius 3 is 2.96 bits per heavy atom. The van der Waals surface area contributed by atoms with E-state index in [0.717, 1.165) is 31.4 Å². The highest BCUT2D eigenvalue weighted by atomic mass is 32.2. The number of nitrogens with zero attached hydrogens (tertiary/aromatic N) is 2. The van der Waals surface area contributed by atoms with Gasteiger partial charge in [-0.15, -0.1) is 0 Å². The number of thioether (sulfide) groups is 1. The molecule has 1 aliphatic heterocycles. The van der Waals surface area contributed by atoms with Crippen LogP contribution in [0.1, 0.15) is 43.8 Å². The molecule has 1 N–H and O–H groups in total. The van der Waals surface area contributed by atoms with Gasteiger partial charge < -0.3 is 9.73 Å². The van der Waals surface area contributed by atoms with Gasteiger partial charge >= 0.3 is 0 Å². The average molecular weight is 369 g/mol. The van der Waals surface area contributed by atoms with Crippen molar-refractivity contribution in [2.75, 3.05) is 5.75 Å². The van der Waals surface area contributed by atoms with Crippen molar-refractivity contribution in [3.8, 4) is 6.07 Å². The van der Waals surface area contributed by atoms with E-state index in [9.17, 15) is 14.9 Å². The van der Waals surface area contributed by atoms with Crippen molar-refractivity contribution < 1.29 is 14.0 Å². The number of nitrogens with one attached hydrogen (secondary N) is 1. The van der Waals surface area contributed by atoms with Gasteiger partial charge in [-0.05, 0) is 37.8 Å². The van der Waals surface area contributed by atoms with Crippen molar-refractivity contribution in [3.63, 3.8) is 0 Å². The van der Waals surface area contributed by atoms with Gasteiger partial charge in [-0.1, -0.05) is 11.8 Å². The number of carbonyl (C=O) groups excluding carboxylic acids is 2. The molecule has 0 saturated heterocycles. The smallest absolute Gasteiger partial charge is 0.230 e. The first-order valence-corrected chi connectivity index (χ1v) is 9.86. The van der Waals surface area contributed by atoms with E-state index in [4.69, 9.17) is 4.42 Å². The molecule has 2 atom stereocenters. The highest BCUT2D eigenvalue weighted by Crippen LogP contribution is 2.44. The highest BCUT2D eigenvalue weighted by molar-refractivity contribution is 8.14. The third kappa shape index (κ3) is 3.34. The van der Waals surface area contributed by atoms with E-state index >= 15 is 0 Å². The zero-order valence-electron chi connectivity index (χ0n) is 14.2. The Kier molecular flexibility index (Phi) is 4.68. The monoisotopic (exact) mass is 369 g/mol. The summed E-state index contributed by atoms with van der Waals surface area (Å²) in [5.41, 5.74) is 1.36. The molecule has 2 heterocycles. The Morgan fingerprint density at radius 1 is 1.42 bits per heavy atom.